The molecule has 0 spiro atoms. The van der Waals surface area contributed by atoms with E-state index in [2.05, 4.69) is 62.3 Å². The second kappa shape index (κ2) is 4.84. The fraction of sp³-hybridized carbons (Fsp3) is 0.700. The molecule has 3 heteroatoms. The van der Waals surface area contributed by atoms with Gasteiger partial charge >= 0.3 is 0 Å². The van der Waals surface area contributed by atoms with Crippen LogP contribution in [0.3, 0.4) is 0 Å². The third-order valence-corrected chi connectivity index (χ3v) is 6.20. The normalized spacial score (nSPS) is 22.3. The molecule has 0 N–H and O–H groups in total. The summed E-state index contributed by atoms with van der Waals surface area (Å²) < 4.78 is 11.3. The van der Waals surface area contributed by atoms with Gasteiger partial charge in [-0.2, -0.15) is 0 Å². The second-order valence-electron chi connectivity index (χ2n) is 9.54. The summed E-state index contributed by atoms with van der Waals surface area (Å²) in [4.78, 5) is 0. The van der Waals surface area contributed by atoms with E-state index >= 15 is 0 Å². The lowest BCUT2D eigenvalue weighted by atomic mass is 9.69. The summed E-state index contributed by atoms with van der Waals surface area (Å²) in [5, 5.41) is 0. The van der Waals surface area contributed by atoms with Crippen molar-refractivity contribution in [3.05, 3.63) is 22.3 Å². The van der Waals surface area contributed by atoms with Crippen molar-refractivity contribution >= 4 is 22.9 Å². The van der Waals surface area contributed by atoms with E-state index in [4.69, 9.17) is 9.15 Å². The largest absolute Gasteiger partial charge is 0.285 e. The van der Waals surface area contributed by atoms with Crippen molar-refractivity contribution in [2.75, 3.05) is 5.75 Å². The highest BCUT2D eigenvalue weighted by Crippen LogP contribution is 2.59. The third-order valence-electron chi connectivity index (χ3n) is 4.84. The van der Waals surface area contributed by atoms with Crippen LogP contribution in [0.25, 0.3) is 11.2 Å². The Morgan fingerprint density at radius 2 is 1.39 bits per heavy atom. The molecule has 0 saturated carbocycles. The molecule has 0 radical (unpaired) electrons. The molecule has 1 fully saturated rings. The molecule has 23 heavy (non-hydrogen) atoms. The topological polar surface area (TPSA) is 26.3 Å². The number of fused-ring (bicyclic) bond motifs is 1. The van der Waals surface area contributed by atoms with E-state index in [1.165, 1.54) is 28.0 Å². The predicted molar refractivity (Wildman–Crippen MR) is 99.8 cm³/mol. The lowest BCUT2D eigenvalue weighted by molar-refractivity contribution is 0.0557. The Kier molecular flexibility index (Phi) is 3.58. The molecular weight excluding hydrogens is 304 g/mol. The van der Waals surface area contributed by atoms with Crippen LogP contribution in [0, 0.1) is 0 Å². The zero-order valence-electron chi connectivity index (χ0n) is 16.0. The molecule has 1 aliphatic heterocycles. The summed E-state index contributed by atoms with van der Waals surface area (Å²) in [6, 6.07) is 0. The van der Waals surface area contributed by atoms with Gasteiger partial charge in [0, 0.05) is 16.9 Å². The summed E-state index contributed by atoms with van der Waals surface area (Å²) in [6.45, 7) is 20.7. The van der Waals surface area contributed by atoms with Gasteiger partial charge in [0.15, 0.2) is 0 Å². The van der Waals surface area contributed by atoms with Gasteiger partial charge in [-0.05, 0) is 34.8 Å². The van der Waals surface area contributed by atoms with Crippen molar-refractivity contribution < 1.29 is 9.15 Å². The Hall–Kier alpha value is -0.830. The number of hydrogen-bond acceptors (Lipinski definition) is 3. The van der Waals surface area contributed by atoms with Crippen molar-refractivity contribution in [1.82, 2.24) is 0 Å². The van der Waals surface area contributed by atoms with Crippen LogP contribution in [0.2, 0.25) is 0 Å². The number of rotatable bonds is 2. The molecule has 1 unspecified atom stereocenters. The van der Waals surface area contributed by atoms with Crippen LogP contribution in [-0.4, -0.2) is 5.75 Å². The molecule has 2 nitrogen and oxygen atoms in total. The highest BCUT2D eigenvalue weighted by molar-refractivity contribution is 8.07. The summed E-state index contributed by atoms with van der Waals surface area (Å²) >= 11 is 2.01. The minimum atomic E-state index is 0.0241. The zero-order chi connectivity index (χ0) is 17.4. The first kappa shape index (κ1) is 17.0. The highest BCUT2D eigenvalue weighted by atomic mass is 32.2. The molecule has 3 rings (SSSR count). The first-order valence-corrected chi connectivity index (χ1v) is 9.60. The van der Waals surface area contributed by atoms with Crippen molar-refractivity contribution in [2.24, 2.45) is 0 Å². The molecule has 128 valence electrons. The van der Waals surface area contributed by atoms with E-state index in [9.17, 15) is 0 Å². The highest BCUT2D eigenvalue weighted by Gasteiger charge is 2.48. The Morgan fingerprint density at radius 3 is 1.70 bits per heavy atom. The molecule has 1 saturated heterocycles. The lowest BCUT2D eigenvalue weighted by Crippen LogP contribution is -2.27. The minimum absolute atomic E-state index is 0.0241. The Balaban J connectivity index is 2.50. The first-order chi connectivity index (χ1) is 10.4. The first-order valence-electron chi connectivity index (χ1n) is 8.61. The van der Waals surface area contributed by atoms with Crippen molar-refractivity contribution in [3.8, 4) is 0 Å². The van der Waals surface area contributed by atoms with Crippen LogP contribution in [0.1, 0.15) is 90.5 Å². The van der Waals surface area contributed by atoms with Gasteiger partial charge in [0.2, 0.25) is 11.2 Å². The summed E-state index contributed by atoms with van der Waals surface area (Å²) in [5.74, 6) is 1.63. The standard InChI is InChI=1S/C20H30O2S/c1-11(2)12-13(18(3,4)5)15(19(6,7)8)17-16(21-22-17)14(12)20(9)10-23-20/h11H,10H2,1-9H3. The summed E-state index contributed by atoms with van der Waals surface area (Å²) in [6.07, 6.45) is 0. The molecule has 0 aliphatic carbocycles. The summed E-state index contributed by atoms with van der Waals surface area (Å²) in [5.41, 5.74) is 7.74. The van der Waals surface area contributed by atoms with Crippen molar-refractivity contribution in [3.63, 3.8) is 0 Å². The van der Waals surface area contributed by atoms with E-state index in [-0.39, 0.29) is 15.6 Å². The fourth-order valence-corrected chi connectivity index (χ4v) is 4.49. The molecule has 1 atom stereocenters. The molecule has 0 bridgehead atoms. The SMILES string of the molecule is CC(C)c1c(C(C)(C)C)c(C(C)(C)C)c2ooc2c1C1(C)CS1. The third kappa shape index (κ3) is 2.56. The molecule has 1 aromatic carbocycles. The monoisotopic (exact) mass is 334 g/mol. The van der Waals surface area contributed by atoms with Gasteiger partial charge in [-0.25, -0.2) is 0 Å². The predicted octanol–water partition coefficient (Wildman–Crippen LogP) is 6.71. The average Bonchev–Trinajstić information content (AvgIpc) is 3.05. The van der Waals surface area contributed by atoms with Crippen LogP contribution in [0.5, 0.6) is 0 Å². The lowest BCUT2D eigenvalue weighted by Gasteiger charge is -2.36. The van der Waals surface area contributed by atoms with E-state index in [1.807, 2.05) is 11.8 Å². The Morgan fingerprint density at radius 1 is 0.913 bits per heavy atom. The number of thioether (sulfide) groups is 1. The van der Waals surface area contributed by atoms with Crippen molar-refractivity contribution in [1.29, 1.82) is 0 Å². The minimum Gasteiger partial charge on any atom is -0.285 e. The molecule has 2 heterocycles. The zero-order valence-corrected chi connectivity index (χ0v) is 16.8. The van der Waals surface area contributed by atoms with E-state index in [1.54, 1.807) is 0 Å². The maximum Gasteiger partial charge on any atom is 0.230 e. The van der Waals surface area contributed by atoms with E-state index in [0.717, 1.165) is 11.2 Å². The summed E-state index contributed by atoms with van der Waals surface area (Å²) in [7, 11) is 0. The van der Waals surface area contributed by atoms with Crippen LogP contribution in [0.4, 0.5) is 0 Å². The van der Waals surface area contributed by atoms with Crippen LogP contribution >= 0.6 is 11.8 Å². The van der Waals surface area contributed by atoms with Crippen LogP contribution < -0.4 is 0 Å². The molecule has 0 amide bonds. The van der Waals surface area contributed by atoms with Gasteiger partial charge in [0.25, 0.3) is 0 Å². The Bertz CT molecular complexity index is 743. The maximum atomic E-state index is 5.56. The Labute approximate surface area is 144 Å². The van der Waals surface area contributed by atoms with Gasteiger partial charge < -0.3 is 0 Å². The van der Waals surface area contributed by atoms with Crippen LogP contribution in [0.15, 0.2) is 9.15 Å². The van der Waals surface area contributed by atoms with Gasteiger partial charge in [-0.3, -0.25) is 9.15 Å². The number of benzene rings is 1. The maximum absolute atomic E-state index is 5.56. The van der Waals surface area contributed by atoms with Crippen LogP contribution in [-0.2, 0) is 15.6 Å². The van der Waals surface area contributed by atoms with Crippen molar-refractivity contribution in [2.45, 2.75) is 83.8 Å². The second-order valence-corrected chi connectivity index (χ2v) is 11.0. The molecular formula is C20H30O2S. The smallest absolute Gasteiger partial charge is 0.230 e. The fourth-order valence-electron chi connectivity index (χ4n) is 3.78. The average molecular weight is 335 g/mol. The molecule has 1 aliphatic rings. The van der Waals surface area contributed by atoms with Gasteiger partial charge in [-0.15, -0.1) is 11.8 Å². The number of hydrogen-bond donors (Lipinski definition) is 0. The van der Waals surface area contributed by atoms with E-state index < -0.39 is 0 Å². The van der Waals surface area contributed by atoms with Gasteiger partial charge in [0.05, 0.1) is 4.75 Å². The quantitative estimate of drug-likeness (QED) is 0.451. The van der Waals surface area contributed by atoms with E-state index in [0.29, 0.717) is 5.92 Å². The molecule has 2 aromatic rings. The molecule has 1 aromatic heterocycles. The van der Waals surface area contributed by atoms with Gasteiger partial charge in [0.1, 0.15) is 0 Å². The van der Waals surface area contributed by atoms with Gasteiger partial charge in [-0.1, -0.05) is 55.4 Å².